The molecule has 0 aliphatic carbocycles. The highest BCUT2D eigenvalue weighted by molar-refractivity contribution is 4.66. The second-order valence-corrected chi connectivity index (χ2v) is 6.65. The topological polar surface area (TPSA) is 40.5 Å². The van der Waals surface area contributed by atoms with Crippen molar-refractivity contribution in [2.75, 3.05) is 0 Å². The first kappa shape index (κ1) is 19.9. The lowest BCUT2D eigenvalue weighted by molar-refractivity contribution is 0.115. The normalized spacial score (nSPS) is 16.1. The highest BCUT2D eigenvalue weighted by atomic mass is 16.3. The van der Waals surface area contributed by atoms with E-state index in [1.54, 1.807) is 0 Å². The molecule has 0 saturated carbocycles. The summed E-state index contributed by atoms with van der Waals surface area (Å²) < 4.78 is 0. The van der Waals surface area contributed by atoms with Crippen molar-refractivity contribution < 1.29 is 10.2 Å². The van der Waals surface area contributed by atoms with Gasteiger partial charge in [0.05, 0.1) is 12.2 Å². The summed E-state index contributed by atoms with van der Waals surface area (Å²) in [6.45, 7) is 5.97. The fourth-order valence-corrected chi connectivity index (χ4v) is 3.04. The SMILES string of the molecule is CCCCCCCCCCCC(CC(C)O)CC(C)O. The fourth-order valence-electron chi connectivity index (χ4n) is 3.04. The molecule has 0 aromatic heterocycles. The van der Waals surface area contributed by atoms with Crippen LogP contribution in [0.5, 0.6) is 0 Å². The molecule has 0 aromatic rings. The van der Waals surface area contributed by atoms with Gasteiger partial charge in [-0.2, -0.15) is 0 Å². The summed E-state index contributed by atoms with van der Waals surface area (Å²) in [6.07, 6.45) is 14.6. The fraction of sp³-hybridized carbons (Fsp3) is 1.00. The monoisotopic (exact) mass is 286 g/mol. The van der Waals surface area contributed by atoms with E-state index < -0.39 is 0 Å². The Balaban J connectivity index is 3.48. The van der Waals surface area contributed by atoms with Crippen LogP contribution in [0.15, 0.2) is 0 Å². The molecule has 0 aliphatic rings. The van der Waals surface area contributed by atoms with Crippen LogP contribution in [0, 0.1) is 5.92 Å². The van der Waals surface area contributed by atoms with Crippen molar-refractivity contribution in [2.45, 2.75) is 110 Å². The Morgan fingerprint density at radius 2 is 1.05 bits per heavy atom. The minimum atomic E-state index is -0.239. The Kier molecular flexibility index (Phi) is 13.8. The van der Waals surface area contributed by atoms with Gasteiger partial charge < -0.3 is 10.2 Å². The number of hydrogen-bond donors (Lipinski definition) is 2. The van der Waals surface area contributed by atoms with E-state index in [9.17, 15) is 10.2 Å². The lowest BCUT2D eigenvalue weighted by Crippen LogP contribution is -2.15. The van der Waals surface area contributed by atoms with Crippen molar-refractivity contribution in [3.63, 3.8) is 0 Å². The van der Waals surface area contributed by atoms with Gasteiger partial charge in [0.25, 0.3) is 0 Å². The van der Waals surface area contributed by atoms with E-state index >= 15 is 0 Å². The molecule has 0 heterocycles. The zero-order valence-corrected chi connectivity index (χ0v) is 14.1. The lowest BCUT2D eigenvalue weighted by Gasteiger charge is -2.19. The summed E-state index contributed by atoms with van der Waals surface area (Å²) in [5, 5.41) is 19.0. The van der Waals surface area contributed by atoms with Crippen molar-refractivity contribution in [2.24, 2.45) is 5.92 Å². The molecule has 0 radical (unpaired) electrons. The molecular weight excluding hydrogens is 248 g/mol. The molecule has 0 rings (SSSR count). The van der Waals surface area contributed by atoms with Crippen molar-refractivity contribution >= 4 is 0 Å². The van der Waals surface area contributed by atoms with Crippen LogP contribution in [0.3, 0.4) is 0 Å². The molecule has 0 aliphatic heterocycles. The van der Waals surface area contributed by atoms with Crippen LogP contribution in [-0.2, 0) is 0 Å². The van der Waals surface area contributed by atoms with Gasteiger partial charge in [0.2, 0.25) is 0 Å². The van der Waals surface area contributed by atoms with Crippen LogP contribution >= 0.6 is 0 Å². The predicted molar refractivity (Wildman–Crippen MR) is 87.9 cm³/mol. The largest absolute Gasteiger partial charge is 0.393 e. The van der Waals surface area contributed by atoms with E-state index in [-0.39, 0.29) is 12.2 Å². The van der Waals surface area contributed by atoms with E-state index in [0.717, 1.165) is 19.3 Å². The Morgan fingerprint density at radius 3 is 1.45 bits per heavy atom. The number of aliphatic hydroxyl groups excluding tert-OH is 2. The van der Waals surface area contributed by atoms with Crippen molar-refractivity contribution in [3.05, 3.63) is 0 Å². The second kappa shape index (κ2) is 13.9. The van der Waals surface area contributed by atoms with Gasteiger partial charge in [-0.1, -0.05) is 71.1 Å². The van der Waals surface area contributed by atoms with Crippen molar-refractivity contribution in [1.29, 1.82) is 0 Å². The molecule has 0 amide bonds. The molecule has 2 heteroatoms. The molecular formula is C18H38O2. The minimum absolute atomic E-state index is 0.239. The number of hydrogen-bond acceptors (Lipinski definition) is 2. The van der Waals surface area contributed by atoms with Gasteiger partial charge in [-0.3, -0.25) is 0 Å². The third kappa shape index (κ3) is 14.3. The van der Waals surface area contributed by atoms with Gasteiger partial charge in [0.1, 0.15) is 0 Å². The molecule has 0 fully saturated rings. The Hall–Kier alpha value is -0.0800. The van der Waals surface area contributed by atoms with E-state index in [0.29, 0.717) is 5.92 Å². The third-order valence-corrected chi connectivity index (χ3v) is 4.06. The number of rotatable bonds is 14. The highest BCUT2D eigenvalue weighted by Gasteiger charge is 2.13. The summed E-state index contributed by atoms with van der Waals surface area (Å²) >= 11 is 0. The molecule has 0 spiro atoms. The lowest BCUT2D eigenvalue weighted by atomic mass is 9.90. The van der Waals surface area contributed by atoms with Crippen LogP contribution in [0.1, 0.15) is 97.8 Å². The van der Waals surface area contributed by atoms with Gasteiger partial charge in [0.15, 0.2) is 0 Å². The average molecular weight is 286 g/mol. The Morgan fingerprint density at radius 1 is 0.650 bits per heavy atom. The van der Waals surface area contributed by atoms with E-state index in [1.165, 1.54) is 57.8 Å². The van der Waals surface area contributed by atoms with Crippen LogP contribution in [0.2, 0.25) is 0 Å². The molecule has 0 aromatic carbocycles. The zero-order chi connectivity index (χ0) is 15.2. The molecule has 0 bridgehead atoms. The van der Waals surface area contributed by atoms with Gasteiger partial charge in [-0.25, -0.2) is 0 Å². The summed E-state index contributed by atoms with van der Waals surface area (Å²) in [7, 11) is 0. The van der Waals surface area contributed by atoms with E-state index in [4.69, 9.17) is 0 Å². The minimum Gasteiger partial charge on any atom is -0.393 e. The van der Waals surface area contributed by atoms with Gasteiger partial charge in [0, 0.05) is 0 Å². The molecule has 2 nitrogen and oxygen atoms in total. The first-order valence-corrected chi connectivity index (χ1v) is 8.92. The van der Waals surface area contributed by atoms with Crippen LogP contribution < -0.4 is 0 Å². The second-order valence-electron chi connectivity index (χ2n) is 6.65. The first-order chi connectivity index (χ1) is 9.56. The van der Waals surface area contributed by atoms with Crippen LogP contribution in [0.25, 0.3) is 0 Å². The molecule has 0 saturated heterocycles. The number of unbranched alkanes of at least 4 members (excludes halogenated alkanes) is 8. The molecule has 2 N–H and O–H groups in total. The molecule has 20 heavy (non-hydrogen) atoms. The average Bonchev–Trinajstić information content (AvgIpc) is 2.35. The summed E-state index contributed by atoms with van der Waals surface area (Å²) in [5.41, 5.74) is 0. The molecule has 2 unspecified atom stereocenters. The number of aliphatic hydroxyl groups is 2. The quantitative estimate of drug-likeness (QED) is 0.438. The summed E-state index contributed by atoms with van der Waals surface area (Å²) in [4.78, 5) is 0. The van der Waals surface area contributed by atoms with Crippen molar-refractivity contribution in [3.8, 4) is 0 Å². The highest BCUT2D eigenvalue weighted by Crippen LogP contribution is 2.22. The maximum Gasteiger partial charge on any atom is 0.0514 e. The predicted octanol–water partition coefficient (Wildman–Crippen LogP) is 5.07. The standard InChI is InChI=1S/C18H38O2/c1-4-5-6-7-8-9-10-11-12-13-18(14-16(2)19)15-17(3)20/h16-20H,4-15H2,1-3H3. The Labute approximate surface area is 127 Å². The van der Waals surface area contributed by atoms with Crippen LogP contribution in [0.4, 0.5) is 0 Å². The van der Waals surface area contributed by atoms with Gasteiger partial charge >= 0.3 is 0 Å². The molecule has 122 valence electrons. The van der Waals surface area contributed by atoms with Crippen molar-refractivity contribution in [1.82, 2.24) is 0 Å². The first-order valence-electron chi connectivity index (χ1n) is 8.92. The third-order valence-electron chi connectivity index (χ3n) is 4.06. The van der Waals surface area contributed by atoms with Gasteiger partial charge in [-0.15, -0.1) is 0 Å². The zero-order valence-electron chi connectivity index (χ0n) is 14.1. The summed E-state index contributed by atoms with van der Waals surface area (Å²) in [6, 6.07) is 0. The summed E-state index contributed by atoms with van der Waals surface area (Å²) in [5.74, 6) is 0.486. The Bertz CT molecular complexity index is 180. The smallest absolute Gasteiger partial charge is 0.0514 e. The van der Waals surface area contributed by atoms with E-state index in [2.05, 4.69) is 6.92 Å². The molecule has 2 atom stereocenters. The van der Waals surface area contributed by atoms with Gasteiger partial charge in [-0.05, 0) is 32.6 Å². The maximum absolute atomic E-state index is 9.50. The maximum atomic E-state index is 9.50. The van der Waals surface area contributed by atoms with E-state index in [1.807, 2.05) is 13.8 Å². The van der Waals surface area contributed by atoms with Crippen LogP contribution in [-0.4, -0.2) is 22.4 Å².